The molecule has 6 nitrogen and oxygen atoms in total. The Bertz CT molecular complexity index is 1100. The number of esters is 2. The van der Waals surface area contributed by atoms with Crippen molar-refractivity contribution in [2.24, 2.45) is 0 Å². The average molecular weight is 393 g/mol. The fourth-order valence-electron chi connectivity index (χ4n) is 3.42. The second-order valence-electron chi connectivity index (χ2n) is 6.97. The van der Waals surface area contributed by atoms with Gasteiger partial charge >= 0.3 is 11.9 Å². The molecule has 1 aromatic heterocycles. The Hall–Kier alpha value is -3.41. The number of ketones is 1. The lowest BCUT2D eigenvalue weighted by Gasteiger charge is -2.12. The van der Waals surface area contributed by atoms with Crippen LogP contribution in [0.3, 0.4) is 0 Å². The maximum atomic E-state index is 12.7. The SMILES string of the molecule is COC(=O)c1c(C)[nH]c(C(=O)[C@H](C)OC(=O)Cc2ccc3ccccc3c2)c1C. The van der Waals surface area contributed by atoms with Crippen molar-refractivity contribution < 1.29 is 23.9 Å². The number of nitrogens with one attached hydrogen (secondary N) is 1. The Kier molecular flexibility index (Phi) is 5.82. The molecule has 3 rings (SSSR count). The van der Waals surface area contributed by atoms with E-state index >= 15 is 0 Å². The predicted octanol–water partition coefficient (Wildman–Crippen LogP) is 3.93. The third kappa shape index (κ3) is 4.21. The number of hydrogen-bond donors (Lipinski definition) is 1. The van der Waals surface area contributed by atoms with E-state index in [1.165, 1.54) is 14.0 Å². The molecule has 0 fully saturated rings. The van der Waals surface area contributed by atoms with Crippen molar-refractivity contribution in [1.82, 2.24) is 4.98 Å². The molecule has 0 aliphatic rings. The number of aromatic amines is 1. The van der Waals surface area contributed by atoms with E-state index in [9.17, 15) is 14.4 Å². The van der Waals surface area contributed by atoms with E-state index in [1.54, 1.807) is 13.8 Å². The summed E-state index contributed by atoms with van der Waals surface area (Å²) in [4.78, 5) is 39.9. The topological polar surface area (TPSA) is 85.5 Å². The second-order valence-corrected chi connectivity index (χ2v) is 6.97. The molecular weight excluding hydrogens is 370 g/mol. The number of benzene rings is 2. The van der Waals surface area contributed by atoms with Gasteiger partial charge in [-0.25, -0.2) is 4.79 Å². The first-order valence-electron chi connectivity index (χ1n) is 9.30. The van der Waals surface area contributed by atoms with Crippen LogP contribution in [-0.2, 0) is 20.7 Å². The third-order valence-electron chi connectivity index (χ3n) is 4.91. The van der Waals surface area contributed by atoms with Crippen molar-refractivity contribution in [3.8, 4) is 0 Å². The molecule has 3 aromatic rings. The number of ether oxygens (including phenoxy) is 2. The quantitative estimate of drug-likeness (QED) is 0.507. The van der Waals surface area contributed by atoms with Gasteiger partial charge < -0.3 is 14.5 Å². The summed E-state index contributed by atoms with van der Waals surface area (Å²) in [7, 11) is 1.28. The Labute approximate surface area is 168 Å². The molecule has 0 saturated carbocycles. The van der Waals surface area contributed by atoms with Crippen molar-refractivity contribution in [3.63, 3.8) is 0 Å². The molecule has 0 amide bonds. The normalized spacial score (nSPS) is 11.9. The Morgan fingerprint density at radius 3 is 2.41 bits per heavy atom. The molecule has 0 radical (unpaired) electrons. The zero-order valence-electron chi connectivity index (χ0n) is 16.9. The molecule has 0 bridgehead atoms. The van der Waals surface area contributed by atoms with Crippen molar-refractivity contribution in [1.29, 1.82) is 0 Å². The molecular formula is C23H23NO5. The van der Waals surface area contributed by atoms with Crippen molar-refractivity contribution in [2.45, 2.75) is 33.3 Å². The van der Waals surface area contributed by atoms with E-state index in [2.05, 4.69) is 4.98 Å². The Morgan fingerprint density at radius 2 is 1.72 bits per heavy atom. The van der Waals surface area contributed by atoms with E-state index in [0.717, 1.165) is 16.3 Å². The summed E-state index contributed by atoms with van der Waals surface area (Å²) < 4.78 is 10.1. The largest absolute Gasteiger partial charge is 0.465 e. The molecule has 0 aliphatic carbocycles. The van der Waals surface area contributed by atoms with Gasteiger partial charge in [0.1, 0.15) is 0 Å². The first-order valence-corrected chi connectivity index (χ1v) is 9.30. The molecule has 0 unspecified atom stereocenters. The van der Waals surface area contributed by atoms with Crippen LogP contribution in [0.1, 0.15) is 44.6 Å². The van der Waals surface area contributed by atoms with Crippen LogP contribution < -0.4 is 0 Å². The van der Waals surface area contributed by atoms with Gasteiger partial charge in [-0.3, -0.25) is 9.59 Å². The minimum absolute atomic E-state index is 0.0681. The van der Waals surface area contributed by atoms with Gasteiger partial charge in [0.25, 0.3) is 0 Å². The highest BCUT2D eigenvalue weighted by atomic mass is 16.5. The van der Waals surface area contributed by atoms with Crippen molar-refractivity contribution in [2.75, 3.05) is 7.11 Å². The number of rotatable bonds is 6. The van der Waals surface area contributed by atoms with Gasteiger partial charge in [-0.15, -0.1) is 0 Å². The van der Waals surface area contributed by atoms with Crippen LogP contribution in [0.15, 0.2) is 42.5 Å². The number of H-pyrrole nitrogens is 1. The molecule has 0 saturated heterocycles. The molecule has 1 heterocycles. The fourth-order valence-corrected chi connectivity index (χ4v) is 3.42. The van der Waals surface area contributed by atoms with Crippen LogP contribution in [0.25, 0.3) is 10.8 Å². The summed E-state index contributed by atoms with van der Waals surface area (Å²) in [6.07, 6.45) is -0.913. The van der Waals surface area contributed by atoms with Gasteiger partial charge in [0, 0.05) is 5.69 Å². The van der Waals surface area contributed by atoms with Gasteiger partial charge in [-0.2, -0.15) is 0 Å². The lowest BCUT2D eigenvalue weighted by molar-refractivity contribution is -0.145. The van der Waals surface area contributed by atoms with Gasteiger partial charge in [-0.1, -0.05) is 42.5 Å². The zero-order chi connectivity index (χ0) is 21.1. The van der Waals surface area contributed by atoms with Crippen LogP contribution in [-0.4, -0.2) is 35.9 Å². The summed E-state index contributed by atoms with van der Waals surface area (Å²) in [5, 5.41) is 2.13. The highest BCUT2D eigenvalue weighted by molar-refractivity contribution is 6.04. The zero-order valence-corrected chi connectivity index (χ0v) is 16.9. The Balaban J connectivity index is 1.70. The number of methoxy groups -OCH3 is 1. The second kappa shape index (κ2) is 8.31. The molecule has 0 aliphatic heterocycles. The van der Waals surface area contributed by atoms with Crippen LogP contribution in [0.4, 0.5) is 0 Å². The molecule has 29 heavy (non-hydrogen) atoms. The number of carbonyl (C=O) groups excluding carboxylic acids is 3. The van der Waals surface area contributed by atoms with E-state index in [-0.39, 0.29) is 12.1 Å². The maximum Gasteiger partial charge on any atom is 0.339 e. The van der Waals surface area contributed by atoms with Crippen LogP contribution in [0, 0.1) is 13.8 Å². The van der Waals surface area contributed by atoms with Crippen LogP contribution in [0.5, 0.6) is 0 Å². The summed E-state index contributed by atoms with van der Waals surface area (Å²) in [5.74, 6) is -1.40. The maximum absolute atomic E-state index is 12.7. The van der Waals surface area contributed by atoms with Crippen LogP contribution in [0.2, 0.25) is 0 Å². The summed E-state index contributed by atoms with van der Waals surface area (Å²) in [6.45, 7) is 4.87. The Morgan fingerprint density at radius 1 is 1.03 bits per heavy atom. The molecule has 2 aromatic carbocycles. The van der Waals surface area contributed by atoms with Gasteiger partial charge in [0.15, 0.2) is 6.10 Å². The van der Waals surface area contributed by atoms with Crippen molar-refractivity contribution >= 4 is 28.5 Å². The highest BCUT2D eigenvalue weighted by Crippen LogP contribution is 2.21. The lowest BCUT2D eigenvalue weighted by Crippen LogP contribution is -2.26. The first kappa shape index (κ1) is 20.3. The molecule has 6 heteroatoms. The average Bonchev–Trinajstić information content (AvgIpc) is 3.00. The lowest BCUT2D eigenvalue weighted by atomic mass is 10.0. The molecule has 1 atom stereocenters. The number of fused-ring (bicyclic) bond motifs is 1. The molecule has 150 valence electrons. The van der Waals surface area contributed by atoms with E-state index in [4.69, 9.17) is 9.47 Å². The number of hydrogen-bond acceptors (Lipinski definition) is 5. The summed E-state index contributed by atoms with van der Waals surface area (Å²) in [5.41, 5.74) is 2.40. The first-order chi connectivity index (χ1) is 13.8. The van der Waals surface area contributed by atoms with Gasteiger partial charge in [0.05, 0.1) is 24.8 Å². The predicted molar refractivity (Wildman–Crippen MR) is 109 cm³/mol. The number of Topliss-reactive ketones (excluding diaryl/α,β-unsaturated/α-hetero) is 1. The summed E-state index contributed by atoms with van der Waals surface area (Å²) >= 11 is 0. The standard InChI is InChI=1S/C23H23NO5/c1-13-20(23(27)28-4)14(2)24-21(13)22(26)15(3)29-19(25)12-16-9-10-17-7-5-6-8-18(17)11-16/h5-11,15,24H,12H2,1-4H3/t15-/m0/s1. The van der Waals surface area contributed by atoms with E-state index < -0.39 is 23.8 Å². The fraction of sp³-hybridized carbons (Fsp3) is 0.261. The van der Waals surface area contributed by atoms with E-state index in [0.29, 0.717) is 16.8 Å². The van der Waals surface area contributed by atoms with Gasteiger partial charge in [-0.05, 0) is 42.7 Å². The van der Waals surface area contributed by atoms with Crippen molar-refractivity contribution in [3.05, 3.63) is 70.5 Å². The summed E-state index contributed by atoms with van der Waals surface area (Å²) in [6, 6.07) is 13.6. The highest BCUT2D eigenvalue weighted by Gasteiger charge is 2.27. The molecule has 0 spiro atoms. The monoisotopic (exact) mass is 393 g/mol. The number of carbonyl (C=O) groups is 3. The minimum atomic E-state index is -0.981. The number of aromatic nitrogens is 1. The molecule has 1 N–H and O–H groups in total. The number of aryl methyl sites for hydroxylation is 1. The smallest absolute Gasteiger partial charge is 0.339 e. The van der Waals surface area contributed by atoms with Crippen LogP contribution >= 0.6 is 0 Å². The van der Waals surface area contributed by atoms with E-state index in [1.807, 2.05) is 42.5 Å². The van der Waals surface area contributed by atoms with Gasteiger partial charge in [0.2, 0.25) is 5.78 Å². The third-order valence-corrected chi connectivity index (χ3v) is 4.91. The minimum Gasteiger partial charge on any atom is -0.465 e.